The second-order valence-corrected chi connectivity index (χ2v) is 10.0. The van der Waals surface area contributed by atoms with Gasteiger partial charge in [0.25, 0.3) is 0 Å². The van der Waals surface area contributed by atoms with Gasteiger partial charge in [0.15, 0.2) is 5.96 Å². The summed E-state index contributed by atoms with van der Waals surface area (Å²) in [6, 6.07) is 11.5. The van der Waals surface area contributed by atoms with E-state index in [4.69, 9.17) is 17.2 Å². The number of aliphatic hydroxyl groups excluding tert-OH is 1. The summed E-state index contributed by atoms with van der Waals surface area (Å²) < 4.78 is 0. The van der Waals surface area contributed by atoms with Gasteiger partial charge in [-0.15, -0.1) is 0 Å². The van der Waals surface area contributed by atoms with Gasteiger partial charge in [-0.2, -0.15) is 0 Å². The van der Waals surface area contributed by atoms with Crippen LogP contribution >= 0.6 is 0 Å². The molecular formula is C29H38N8O6. The summed E-state index contributed by atoms with van der Waals surface area (Å²) in [6.07, 6.45) is 2.19. The number of carbonyl (C=O) groups excluding carboxylic acids is 3. The van der Waals surface area contributed by atoms with Gasteiger partial charge in [-0.05, 0) is 36.5 Å². The maximum atomic E-state index is 13.4. The number of nitrogens with zero attached hydrogens (tertiary/aromatic N) is 1. The Labute approximate surface area is 248 Å². The second-order valence-electron chi connectivity index (χ2n) is 10.0. The summed E-state index contributed by atoms with van der Waals surface area (Å²) in [5.74, 6) is -3.69. The van der Waals surface area contributed by atoms with E-state index in [-0.39, 0.29) is 38.2 Å². The first-order valence-electron chi connectivity index (χ1n) is 13.7. The van der Waals surface area contributed by atoms with Crippen molar-refractivity contribution >= 4 is 40.6 Å². The van der Waals surface area contributed by atoms with Gasteiger partial charge >= 0.3 is 5.97 Å². The number of hydrogen-bond donors (Lipinski definition) is 9. The number of carboxylic acid groups (broad SMARTS) is 1. The fourth-order valence-corrected chi connectivity index (χ4v) is 4.47. The maximum Gasteiger partial charge on any atom is 0.326 e. The highest BCUT2D eigenvalue weighted by atomic mass is 16.4. The van der Waals surface area contributed by atoms with E-state index >= 15 is 0 Å². The third-order valence-electron chi connectivity index (χ3n) is 6.74. The van der Waals surface area contributed by atoms with E-state index in [1.54, 1.807) is 6.20 Å². The second kappa shape index (κ2) is 15.9. The zero-order valence-electron chi connectivity index (χ0n) is 23.5. The number of amides is 3. The van der Waals surface area contributed by atoms with Gasteiger partial charge < -0.3 is 48.3 Å². The summed E-state index contributed by atoms with van der Waals surface area (Å²) in [4.78, 5) is 58.2. The SMILES string of the molecule is NC(N)=NCCCC(NC(=O)C(Cc1c[nH]c2ccccc12)NC(=O)C(CO)NC(=O)C(N)Cc1ccccc1)C(=O)O. The first kappa shape index (κ1) is 32.6. The lowest BCUT2D eigenvalue weighted by molar-refractivity contribution is -0.142. The molecule has 3 amide bonds. The number of rotatable bonds is 16. The number of carbonyl (C=O) groups is 4. The summed E-state index contributed by atoms with van der Waals surface area (Å²) in [7, 11) is 0. The van der Waals surface area contributed by atoms with Gasteiger partial charge in [-0.3, -0.25) is 19.4 Å². The minimum atomic E-state index is -1.41. The number of nitrogens with two attached hydrogens (primary N) is 3. The Kier molecular flexibility index (Phi) is 12.0. The Morgan fingerprint density at radius 1 is 0.837 bits per heavy atom. The smallest absolute Gasteiger partial charge is 0.326 e. The fraction of sp³-hybridized carbons (Fsp3) is 0.345. The van der Waals surface area contributed by atoms with Crippen LogP contribution in [-0.4, -0.2) is 82.2 Å². The van der Waals surface area contributed by atoms with E-state index in [1.165, 1.54) is 0 Å². The lowest BCUT2D eigenvalue weighted by Crippen LogP contribution is -2.58. The molecule has 1 aromatic heterocycles. The average Bonchev–Trinajstić information content (AvgIpc) is 3.39. The van der Waals surface area contributed by atoms with Crippen LogP contribution in [0.5, 0.6) is 0 Å². The Hall–Kier alpha value is -4.95. The summed E-state index contributed by atoms with van der Waals surface area (Å²) in [6.45, 7) is -0.596. The summed E-state index contributed by atoms with van der Waals surface area (Å²) in [5.41, 5.74) is 18.9. The molecule has 2 aromatic carbocycles. The molecule has 0 saturated carbocycles. The van der Waals surface area contributed by atoms with Crippen LogP contribution in [0.2, 0.25) is 0 Å². The number of aliphatic hydroxyl groups is 1. The third kappa shape index (κ3) is 9.83. The standard InChI is InChI=1S/C29H38N8O6/c30-20(13-17-7-2-1-3-8-17)25(39)37-24(16-38)27(41)36-23(14-18-15-34-21-10-5-4-9-19(18)21)26(40)35-22(28(42)43)11-6-12-33-29(31)32/h1-5,7-10,15,20,22-24,34,38H,6,11-14,16,30H2,(H,35,40)(H,36,41)(H,37,39)(H,42,43)(H4,31,32,33). The van der Waals surface area contributed by atoms with Gasteiger partial charge in [-0.1, -0.05) is 48.5 Å². The summed E-state index contributed by atoms with van der Waals surface area (Å²) in [5, 5.41) is 27.9. The molecule has 0 saturated heterocycles. The molecule has 4 unspecified atom stereocenters. The van der Waals surface area contributed by atoms with Gasteiger partial charge in [0.1, 0.15) is 18.1 Å². The van der Waals surface area contributed by atoms with Crippen molar-refractivity contribution in [1.29, 1.82) is 0 Å². The van der Waals surface area contributed by atoms with Crippen molar-refractivity contribution in [2.24, 2.45) is 22.2 Å². The Bertz CT molecular complexity index is 1420. The highest BCUT2D eigenvalue weighted by molar-refractivity contribution is 5.95. The number of nitrogens with one attached hydrogen (secondary N) is 4. The van der Waals surface area contributed by atoms with Crippen LogP contribution in [0.3, 0.4) is 0 Å². The highest BCUT2D eigenvalue weighted by Gasteiger charge is 2.30. The molecule has 0 radical (unpaired) electrons. The molecule has 0 aliphatic rings. The zero-order valence-corrected chi connectivity index (χ0v) is 23.5. The van der Waals surface area contributed by atoms with E-state index in [0.717, 1.165) is 16.5 Å². The highest BCUT2D eigenvalue weighted by Crippen LogP contribution is 2.19. The van der Waals surface area contributed by atoms with Crippen molar-refractivity contribution in [1.82, 2.24) is 20.9 Å². The maximum absolute atomic E-state index is 13.4. The molecular weight excluding hydrogens is 556 g/mol. The molecule has 3 rings (SSSR count). The molecule has 0 bridgehead atoms. The lowest BCUT2D eigenvalue weighted by Gasteiger charge is -2.24. The fourth-order valence-electron chi connectivity index (χ4n) is 4.47. The van der Waals surface area contributed by atoms with Gasteiger partial charge in [0.05, 0.1) is 12.6 Å². The molecule has 14 nitrogen and oxygen atoms in total. The molecule has 230 valence electrons. The number of H-pyrrole nitrogens is 1. The van der Waals surface area contributed by atoms with Crippen LogP contribution in [0.4, 0.5) is 0 Å². The van der Waals surface area contributed by atoms with Gasteiger partial charge in [0, 0.05) is 30.1 Å². The third-order valence-corrected chi connectivity index (χ3v) is 6.74. The largest absolute Gasteiger partial charge is 0.480 e. The number of fused-ring (bicyclic) bond motifs is 1. The van der Waals surface area contributed by atoms with Crippen LogP contribution in [0.25, 0.3) is 10.9 Å². The number of aromatic amines is 1. The minimum absolute atomic E-state index is 0.0124. The molecule has 4 atom stereocenters. The molecule has 0 spiro atoms. The lowest BCUT2D eigenvalue weighted by atomic mass is 10.0. The Morgan fingerprint density at radius 3 is 2.14 bits per heavy atom. The van der Waals surface area contributed by atoms with Crippen molar-refractivity contribution in [2.75, 3.05) is 13.2 Å². The summed E-state index contributed by atoms with van der Waals surface area (Å²) >= 11 is 0. The zero-order chi connectivity index (χ0) is 31.4. The van der Waals surface area contributed by atoms with E-state index in [0.29, 0.717) is 5.56 Å². The molecule has 0 aliphatic carbocycles. The number of benzene rings is 2. The first-order chi connectivity index (χ1) is 20.6. The molecule has 14 heteroatoms. The van der Waals surface area contributed by atoms with Crippen LogP contribution in [0.15, 0.2) is 65.8 Å². The van der Waals surface area contributed by atoms with Crippen LogP contribution in [0, 0.1) is 0 Å². The van der Waals surface area contributed by atoms with Crippen LogP contribution < -0.4 is 33.2 Å². The Morgan fingerprint density at radius 2 is 1.47 bits per heavy atom. The molecule has 0 fully saturated rings. The average molecular weight is 595 g/mol. The van der Waals surface area contributed by atoms with Crippen LogP contribution in [-0.2, 0) is 32.0 Å². The molecule has 0 aliphatic heterocycles. The normalized spacial score (nSPS) is 13.7. The number of aliphatic imine (C=N–C) groups is 1. The molecule has 1 heterocycles. The van der Waals surface area contributed by atoms with Crippen molar-refractivity contribution in [3.63, 3.8) is 0 Å². The number of hydrogen-bond acceptors (Lipinski definition) is 7. The van der Waals surface area contributed by atoms with Crippen LogP contribution in [0.1, 0.15) is 24.0 Å². The Balaban J connectivity index is 1.75. The van der Waals surface area contributed by atoms with Crippen molar-refractivity contribution in [2.45, 2.75) is 49.9 Å². The number of carboxylic acids is 1. The van der Waals surface area contributed by atoms with E-state index < -0.39 is 54.5 Å². The predicted molar refractivity (Wildman–Crippen MR) is 161 cm³/mol. The monoisotopic (exact) mass is 594 g/mol. The minimum Gasteiger partial charge on any atom is -0.480 e. The number of aromatic nitrogens is 1. The van der Waals surface area contributed by atoms with Crippen molar-refractivity contribution in [3.8, 4) is 0 Å². The number of aliphatic carboxylic acids is 1. The van der Waals surface area contributed by atoms with Crippen molar-refractivity contribution < 1.29 is 29.4 Å². The van der Waals surface area contributed by atoms with E-state index in [1.807, 2.05) is 54.6 Å². The quantitative estimate of drug-likeness (QED) is 0.0551. The van der Waals surface area contributed by atoms with Crippen molar-refractivity contribution in [3.05, 3.63) is 71.9 Å². The number of guanidine groups is 1. The van der Waals surface area contributed by atoms with E-state index in [9.17, 15) is 29.4 Å². The van der Waals surface area contributed by atoms with E-state index in [2.05, 4.69) is 25.9 Å². The van der Waals surface area contributed by atoms with Gasteiger partial charge in [-0.25, -0.2) is 4.79 Å². The topological polar surface area (TPSA) is 251 Å². The first-order valence-corrected chi connectivity index (χ1v) is 13.7. The predicted octanol–water partition coefficient (Wildman–Crippen LogP) is -1.13. The molecule has 3 aromatic rings. The molecule has 12 N–H and O–H groups in total. The molecule has 43 heavy (non-hydrogen) atoms. The van der Waals surface area contributed by atoms with Gasteiger partial charge in [0.2, 0.25) is 17.7 Å². The number of para-hydroxylation sites is 1.